The van der Waals surface area contributed by atoms with E-state index in [9.17, 15) is 14.0 Å². The first-order chi connectivity index (χ1) is 16.6. The highest BCUT2D eigenvalue weighted by Gasteiger charge is 2.22. The number of halogens is 1. The average Bonchev–Trinajstić information content (AvgIpc) is 2.86. The van der Waals surface area contributed by atoms with E-state index in [1.54, 1.807) is 12.1 Å². The molecule has 0 bridgehead atoms. The molecule has 0 unspecified atom stereocenters. The van der Waals surface area contributed by atoms with Gasteiger partial charge < -0.3 is 10.6 Å². The summed E-state index contributed by atoms with van der Waals surface area (Å²) in [4.78, 5) is 29.4. The van der Waals surface area contributed by atoms with E-state index >= 15 is 0 Å². The van der Waals surface area contributed by atoms with Crippen molar-refractivity contribution < 1.29 is 14.0 Å². The maximum absolute atomic E-state index is 13.0. The fraction of sp³-hybridized carbons (Fsp3) is 0.259. The summed E-state index contributed by atoms with van der Waals surface area (Å²) in [5.41, 5.74) is 2.66. The van der Waals surface area contributed by atoms with Crippen molar-refractivity contribution in [2.75, 3.05) is 44.6 Å². The lowest BCUT2D eigenvalue weighted by molar-refractivity contribution is -0.124. The molecule has 1 fully saturated rings. The summed E-state index contributed by atoms with van der Waals surface area (Å²) in [6.45, 7) is 3.39. The van der Waals surface area contributed by atoms with Gasteiger partial charge in [0.25, 0.3) is 0 Å². The van der Waals surface area contributed by atoms with Crippen LogP contribution in [0, 0.1) is 5.82 Å². The number of carbonyl (C=O) groups is 2. The van der Waals surface area contributed by atoms with E-state index in [1.165, 1.54) is 12.1 Å². The minimum atomic E-state index is -0.336. The smallest absolute Gasteiger partial charge is 0.238 e. The van der Waals surface area contributed by atoms with Crippen LogP contribution in [0.3, 0.4) is 0 Å². The molecular formula is C27H29FN4O2. The van der Waals surface area contributed by atoms with Crippen LogP contribution in [-0.2, 0) is 9.59 Å². The fourth-order valence-electron chi connectivity index (χ4n) is 4.10. The standard InChI is InChI=1S/C27H29FN4O2/c28-23-11-13-24(14-12-23)29-25(33)19-31-15-17-32(18-16-31)20-26(34)30-27(21-7-3-1-4-8-21)22-9-5-2-6-10-22/h1-14,27H,15-20H2,(H,29,33)(H,30,34). The molecule has 34 heavy (non-hydrogen) atoms. The highest BCUT2D eigenvalue weighted by molar-refractivity contribution is 5.92. The number of nitrogens with zero attached hydrogens (tertiary/aromatic N) is 2. The molecule has 1 saturated heterocycles. The Kier molecular flexibility index (Phi) is 8.01. The number of benzene rings is 3. The summed E-state index contributed by atoms with van der Waals surface area (Å²) in [5, 5.41) is 5.97. The monoisotopic (exact) mass is 460 g/mol. The molecule has 0 aromatic heterocycles. The lowest BCUT2D eigenvalue weighted by atomic mass is 9.99. The van der Waals surface area contributed by atoms with Crippen LogP contribution < -0.4 is 10.6 Å². The van der Waals surface area contributed by atoms with Crippen molar-refractivity contribution in [3.05, 3.63) is 102 Å². The van der Waals surface area contributed by atoms with Gasteiger partial charge in [-0.1, -0.05) is 60.7 Å². The van der Waals surface area contributed by atoms with Crippen LogP contribution in [0.2, 0.25) is 0 Å². The van der Waals surface area contributed by atoms with Gasteiger partial charge in [-0.05, 0) is 35.4 Å². The molecule has 0 radical (unpaired) electrons. The van der Waals surface area contributed by atoms with Crippen molar-refractivity contribution in [3.8, 4) is 0 Å². The summed E-state index contributed by atoms with van der Waals surface area (Å²) in [6, 6.07) is 25.4. The molecule has 0 aliphatic carbocycles. The Labute approximate surface area is 199 Å². The van der Waals surface area contributed by atoms with Gasteiger partial charge in [0.1, 0.15) is 5.82 Å². The Morgan fingerprint density at radius 2 is 1.18 bits per heavy atom. The van der Waals surface area contributed by atoms with Crippen molar-refractivity contribution in [1.29, 1.82) is 0 Å². The first-order valence-corrected chi connectivity index (χ1v) is 11.5. The summed E-state index contributed by atoms with van der Waals surface area (Å²) >= 11 is 0. The van der Waals surface area contributed by atoms with Gasteiger partial charge in [0, 0.05) is 31.9 Å². The SMILES string of the molecule is O=C(CN1CCN(CC(=O)NC(c2ccccc2)c2ccccc2)CC1)Nc1ccc(F)cc1. The fourth-order valence-corrected chi connectivity index (χ4v) is 4.10. The van der Waals surface area contributed by atoms with Gasteiger partial charge >= 0.3 is 0 Å². The van der Waals surface area contributed by atoms with E-state index < -0.39 is 0 Å². The largest absolute Gasteiger partial charge is 0.344 e. The molecule has 1 aliphatic heterocycles. The second kappa shape index (κ2) is 11.5. The number of carbonyl (C=O) groups excluding carboxylic acids is 2. The second-order valence-electron chi connectivity index (χ2n) is 8.43. The van der Waals surface area contributed by atoms with E-state index in [0.717, 1.165) is 11.1 Å². The Morgan fingerprint density at radius 1 is 0.706 bits per heavy atom. The molecule has 1 aliphatic rings. The van der Waals surface area contributed by atoms with Gasteiger partial charge in [-0.2, -0.15) is 0 Å². The topological polar surface area (TPSA) is 64.7 Å². The molecule has 0 saturated carbocycles. The molecular weight excluding hydrogens is 431 g/mol. The van der Waals surface area contributed by atoms with Gasteiger partial charge in [0.15, 0.2) is 0 Å². The molecule has 2 N–H and O–H groups in total. The average molecular weight is 461 g/mol. The van der Waals surface area contributed by atoms with Crippen LogP contribution in [0.4, 0.5) is 10.1 Å². The number of nitrogens with one attached hydrogen (secondary N) is 2. The van der Waals surface area contributed by atoms with Crippen molar-refractivity contribution in [2.45, 2.75) is 6.04 Å². The molecule has 3 aromatic rings. The van der Waals surface area contributed by atoms with E-state index in [0.29, 0.717) is 38.4 Å². The Morgan fingerprint density at radius 3 is 1.68 bits per heavy atom. The Balaban J connectivity index is 1.26. The number of amides is 2. The van der Waals surface area contributed by atoms with Crippen LogP contribution in [-0.4, -0.2) is 60.9 Å². The van der Waals surface area contributed by atoms with Crippen LogP contribution in [0.25, 0.3) is 0 Å². The van der Waals surface area contributed by atoms with Crippen molar-refractivity contribution in [2.24, 2.45) is 0 Å². The van der Waals surface area contributed by atoms with Gasteiger partial charge in [0.05, 0.1) is 19.1 Å². The number of hydrogen-bond acceptors (Lipinski definition) is 4. The zero-order valence-electron chi connectivity index (χ0n) is 19.0. The minimum Gasteiger partial charge on any atom is -0.344 e. The van der Waals surface area contributed by atoms with Crippen molar-refractivity contribution in [3.63, 3.8) is 0 Å². The molecule has 0 atom stereocenters. The maximum Gasteiger partial charge on any atom is 0.238 e. The number of hydrogen-bond donors (Lipinski definition) is 2. The lowest BCUT2D eigenvalue weighted by Gasteiger charge is -2.34. The maximum atomic E-state index is 13.0. The molecule has 6 nitrogen and oxygen atoms in total. The minimum absolute atomic E-state index is 0.0276. The first-order valence-electron chi connectivity index (χ1n) is 11.5. The molecule has 176 valence electrons. The summed E-state index contributed by atoms with van der Waals surface area (Å²) in [5.74, 6) is -0.497. The third-order valence-corrected chi connectivity index (χ3v) is 5.90. The molecule has 4 rings (SSSR count). The van der Waals surface area contributed by atoms with Gasteiger partial charge in [-0.3, -0.25) is 19.4 Å². The molecule has 2 amide bonds. The van der Waals surface area contributed by atoms with Crippen LogP contribution in [0.1, 0.15) is 17.2 Å². The van der Waals surface area contributed by atoms with E-state index in [1.807, 2.05) is 60.7 Å². The van der Waals surface area contributed by atoms with E-state index in [-0.39, 0.29) is 30.2 Å². The van der Waals surface area contributed by atoms with Gasteiger partial charge in [-0.15, -0.1) is 0 Å². The quantitative estimate of drug-likeness (QED) is 0.542. The van der Waals surface area contributed by atoms with Crippen LogP contribution in [0.5, 0.6) is 0 Å². The lowest BCUT2D eigenvalue weighted by Crippen LogP contribution is -2.51. The summed E-state index contributed by atoms with van der Waals surface area (Å²) in [6.07, 6.45) is 0. The molecule has 1 heterocycles. The van der Waals surface area contributed by atoms with E-state index in [2.05, 4.69) is 20.4 Å². The Hall–Kier alpha value is -3.55. The normalized spacial score (nSPS) is 14.6. The van der Waals surface area contributed by atoms with Gasteiger partial charge in [0.2, 0.25) is 11.8 Å². The predicted octanol–water partition coefficient (Wildman–Crippen LogP) is 3.29. The number of piperazine rings is 1. The predicted molar refractivity (Wildman–Crippen MR) is 131 cm³/mol. The van der Waals surface area contributed by atoms with Gasteiger partial charge in [-0.25, -0.2) is 4.39 Å². The van der Waals surface area contributed by atoms with Crippen LogP contribution >= 0.6 is 0 Å². The number of anilines is 1. The first kappa shape index (κ1) is 23.6. The third-order valence-electron chi connectivity index (χ3n) is 5.90. The van der Waals surface area contributed by atoms with Crippen molar-refractivity contribution >= 4 is 17.5 Å². The van der Waals surface area contributed by atoms with Crippen molar-refractivity contribution in [1.82, 2.24) is 15.1 Å². The highest BCUT2D eigenvalue weighted by Crippen LogP contribution is 2.21. The highest BCUT2D eigenvalue weighted by atomic mass is 19.1. The van der Waals surface area contributed by atoms with E-state index in [4.69, 9.17) is 0 Å². The molecule has 7 heteroatoms. The third kappa shape index (κ3) is 6.73. The zero-order valence-corrected chi connectivity index (χ0v) is 19.0. The second-order valence-corrected chi connectivity index (χ2v) is 8.43. The Bertz CT molecular complexity index is 1030. The summed E-state index contributed by atoms with van der Waals surface area (Å²) < 4.78 is 13.0. The zero-order chi connectivity index (χ0) is 23.8. The molecule has 0 spiro atoms. The molecule has 3 aromatic carbocycles. The summed E-state index contributed by atoms with van der Waals surface area (Å²) in [7, 11) is 0. The number of rotatable bonds is 8. The van der Waals surface area contributed by atoms with Crippen LogP contribution in [0.15, 0.2) is 84.9 Å².